The highest BCUT2D eigenvalue weighted by atomic mass is 16.5. The second-order valence-corrected chi connectivity index (χ2v) is 10.2. The van der Waals surface area contributed by atoms with Gasteiger partial charge in [0.05, 0.1) is 0 Å². The molecule has 35 heavy (non-hydrogen) atoms. The molecule has 0 saturated carbocycles. The van der Waals surface area contributed by atoms with Crippen molar-refractivity contribution in [2.75, 3.05) is 33.4 Å². The first-order valence-corrected chi connectivity index (χ1v) is 13.3. The van der Waals surface area contributed by atoms with Crippen molar-refractivity contribution >= 4 is 22.7 Å². The molecular formula is C28H41N3O4. The fourth-order valence-corrected chi connectivity index (χ4v) is 6.16. The van der Waals surface area contributed by atoms with Gasteiger partial charge in [0, 0.05) is 75.1 Å². The molecule has 7 nitrogen and oxygen atoms in total. The average molecular weight is 484 g/mol. The molecule has 7 heteroatoms. The lowest BCUT2D eigenvalue weighted by Crippen LogP contribution is -2.38. The molecule has 0 spiro atoms. The van der Waals surface area contributed by atoms with E-state index in [1.54, 1.807) is 11.9 Å². The van der Waals surface area contributed by atoms with Crippen molar-refractivity contribution in [3.05, 3.63) is 35.0 Å². The number of carbonyl (C=O) groups excluding carboxylic acids is 2. The average Bonchev–Trinajstić information content (AvgIpc) is 3.17. The van der Waals surface area contributed by atoms with Crippen LogP contribution >= 0.6 is 0 Å². The first-order chi connectivity index (χ1) is 16.9. The maximum absolute atomic E-state index is 13.5. The van der Waals surface area contributed by atoms with Crippen LogP contribution in [-0.4, -0.2) is 65.8 Å². The molecule has 1 aromatic carbocycles. The number of ether oxygens (including phenoxy) is 1. The Morgan fingerprint density at radius 3 is 2.69 bits per heavy atom. The SMILES string of the molecule is CCNC(=O)CC[C@@H](CCO)N(C)C(=O)c1ccc2c(c1)c1c(n2C)CC[C@@H](C2CCOCC2)C1. The van der Waals surface area contributed by atoms with Crippen LogP contribution in [-0.2, 0) is 29.4 Å². The van der Waals surface area contributed by atoms with Gasteiger partial charge in [-0.15, -0.1) is 0 Å². The molecule has 1 fully saturated rings. The summed E-state index contributed by atoms with van der Waals surface area (Å²) in [5.74, 6) is 1.33. The largest absolute Gasteiger partial charge is 0.396 e. The summed E-state index contributed by atoms with van der Waals surface area (Å²) in [6.45, 7) is 4.22. The van der Waals surface area contributed by atoms with E-state index in [2.05, 4.69) is 29.1 Å². The van der Waals surface area contributed by atoms with E-state index in [0.717, 1.165) is 44.8 Å². The lowest BCUT2D eigenvalue weighted by molar-refractivity contribution is -0.121. The molecule has 0 bridgehead atoms. The number of aliphatic hydroxyl groups excluding tert-OH is 1. The molecule has 1 saturated heterocycles. The number of aromatic nitrogens is 1. The van der Waals surface area contributed by atoms with Gasteiger partial charge in [0.15, 0.2) is 0 Å². The predicted molar refractivity (Wildman–Crippen MR) is 137 cm³/mol. The van der Waals surface area contributed by atoms with Crippen LogP contribution in [0.5, 0.6) is 0 Å². The number of carbonyl (C=O) groups is 2. The fourth-order valence-electron chi connectivity index (χ4n) is 6.16. The normalized spacial score (nSPS) is 19.4. The maximum atomic E-state index is 13.5. The number of amides is 2. The molecule has 2 atom stereocenters. The molecule has 2 aliphatic rings. The zero-order valence-electron chi connectivity index (χ0n) is 21.5. The van der Waals surface area contributed by atoms with Crippen molar-refractivity contribution in [1.82, 2.24) is 14.8 Å². The summed E-state index contributed by atoms with van der Waals surface area (Å²) in [6, 6.07) is 5.88. The zero-order valence-corrected chi connectivity index (χ0v) is 21.5. The molecule has 1 aliphatic heterocycles. The second-order valence-electron chi connectivity index (χ2n) is 10.2. The number of hydrogen-bond acceptors (Lipinski definition) is 4. The minimum atomic E-state index is -0.187. The first kappa shape index (κ1) is 25.7. The molecule has 192 valence electrons. The van der Waals surface area contributed by atoms with Crippen LogP contribution in [0.2, 0.25) is 0 Å². The molecule has 1 aliphatic carbocycles. The van der Waals surface area contributed by atoms with Crippen LogP contribution in [0.4, 0.5) is 0 Å². The number of nitrogens with zero attached hydrogens (tertiary/aromatic N) is 2. The Kier molecular flexibility index (Phi) is 8.50. The van der Waals surface area contributed by atoms with Crippen LogP contribution in [0, 0.1) is 11.8 Å². The highest BCUT2D eigenvalue weighted by Crippen LogP contribution is 2.39. The summed E-state index contributed by atoms with van der Waals surface area (Å²) in [5, 5.41) is 13.6. The van der Waals surface area contributed by atoms with Crippen molar-refractivity contribution in [2.24, 2.45) is 18.9 Å². The van der Waals surface area contributed by atoms with Gasteiger partial charge < -0.3 is 24.6 Å². The van der Waals surface area contributed by atoms with Crippen LogP contribution < -0.4 is 5.32 Å². The number of fused-ring (bicyclic) bond motifs is 3. The Bertz CT molecular complexity index is 1040. The zero-order chi connectivity index (χ0) is 24.9. The van der Waals surface area contributed by atoms with E-state index in [-0.39, 0.29) is 24.5 Å². The van der Waals surface area contributed by atoms with E-state index in [1.807, 2.05) is 13.0 Å². The maximum Gasteiger partial charge on any atom is 0.253 e. The molecule has 4 rings (SSSR count). The molecule has 1 aromatic heterocycles. The van der Waals surface area contributed by atoms with Gasteiger partial charge in [0.25, 0.3) is 5.91 Å². The lowest BCUT2D eigenvalue weighted by Gasteiger charge is -2.33. The number of aryl methyl sites for hydroxylation is 1. The van der Waals surface area contributed by atoms with Crippen molar-refractivity contribution in [2.45, 2.75) is 64.3 Å². The van der Waals surface area contributed by atoms with E-state index in [4.69, 9.17) is 4.74 Å². The molecule has 2 heterocycles. The summed E-state index contributed by atoms with van der Waals surface area (Å²) in [4.78, 5) is 27.1. The Morgan fingerprint density at radius 1 is 1.20 bits per heavy atom. The smallest absolute Gasteiger partial charge is 0.253 e. The van der Waals surface area contributed by atoms with Gasteiger partial charge in [0.2, 0.25) is 5.91 Å². The van der Waals surface area contributed by atoms with E-state index in [1.165, 1.54) is 28.6 Å². The molecule has 2 amide bonds. The third-order valence-corrected chi connectivity index (χ3v) is 8.24. The van der Waals surface area contributed by atoms with E-state index in [0.29, 0.717) is 37.3 Å². The Hall–Kier alpha value is -2.38. The summed E-state index contributed by atoms with van der Waals surface area (Å²) >= 11 is 0. The summed E-state index contributed by atoms with van der Waals surface area (Å²) in [6.07, 6.45) is 7.03. The third kappa shape index (κ3) is 5.56. The van der Waals surface area contributed by atoms with Gasteiger partial charge in [-0.05, 0) is 87.5 Å². The van der Waals surface area contributed by atoms with Gasteiger partial charge >= 0.3 is 0 Å². The number of hydrogen-bond donors (Lipinski definition) is 2. The minimum Gasteiger partial charge on any atom is -0.396 e. The summed E-state index contributed by atoms with van der Waals surface area (Å²) in [5.41, 5.74) is 4.67. The van der Waals surface area contributed by atoms with E-state index in [9.17, 15) is 14.7 Å². The summed E-state index contributed by atoms with van der Waals surface area (Å²) < 4.78 is 7.90. The fraction of sp³-hybridized carbons (Fsp3) is 0.643. The van der Waals surface area contributed by atoms with Gasteiger partial charge in [-0.25, -0.2) is 0 Å². The van der Waals surface area contributed by atoms with Gasteiger partial charge in [0.1, 0.15) is 0 Å². The van der Waals surface area contributed by atoms with Gasteiger partial charge in [-0.3, -0.25) is 9.59 Å². The monoisotopic (exact) mass is 483 g/mol. The predicted octanol–water partition coefficient (Wildman–Crippen LogP) is 3.45. The van der Waals surface area contributed by atoms with Crippen molar-refractivity contribution in [3.63, 3.8) is 0 Å². The second kappa shape index (κ2) is 11.6. The molecule has 2 aromatic rings. The highest BCUT2D eigenvalue weighted by Gasteiger charge is 2.31. The van der Waals surface area contributed by atoms with Gasteiger partial charge in [-0.1, -0.05) is 0 Å². The quantitative estimate of drug-likeness (QED) is 0.572. The molecule has 0 radical (unpaired) electrons. The topological polar surface area (TPSA) is 83.8 Å². The lowest BCUT2D eigenvalue weighted by atomic mass is 9.75. The Balaban J connectivity index is 1.55. The van der Waals surface area contributed by atoms with Crippen molar-refractivity contribution in [3.8, 4) is 0 Å². The van der Waals surface area contributed by atoms with Crippen LogP contribution in [0.15, 0.2) is 18.2 Å². The Labute approximate surface area is 208 Å². The summed E-state index contributed by atoms with van der Waals surface area (Å²) in [7, 11) is 3.93. The number of benzene rings is 1. The number of rotatable bonds is 9. The molecular weight excluding hydrogens is 442 g/mol. The first-order valence-electron chi connectivity index (χ1n) is 13.3. The van der Waals surface area contributed by atoms with Crippen LogP contribution in [0.3, 0.4) is 0 Å². The third-order valence-electron chi connectivity index (χ3n) is 8.24. The molecule has 2 N–H and O–H groups in total. The van der Waals surface area contributed by atoms with Crippen molar-refractivity contribution in [1.29, 1.82) is 0 Å². The number of nitrogens with one attached hydrogen (secondary N) is 1. The standard InChI is InChI=1S/C28H41N3O4/c1-4-29-27(33)10-7-22(11-14-32)30(2)28(34)21-6-9-26-24(18-21)23-17-20(5-8-25(23)31(26)3)19-12-15-35-16-13-19/h6,9,18-20,22,32H,4-5,7-8,10-17H2,1-3H3,(H,29,33)/t20-,22+/m1/s1. The van der Waals surface area contributed by atoms with Gasteiger partial charge in [-0.2, -0.15) is 0 Å². The van der Waals surface area contributed by atoms with E-state index >= 15 is 0 Å². The highest BCUT2D eigenvalue weighted by molar-refractivity contribution is 5.99. The van der Waals surface area contributed by atoms with E-state index < -0.39 is 0 Å². The minimum absolute atomic E-state index is 0.0174. The van der Waals surface area contributed by atoms with Crippen LogP contribution in [0.1, 0.15) is 67.1 Å². The van der Waals surface area contributed by atoms with Crippen molar-refractivity contribution < 1.29 is 19.4 Å². The van der Waals surface area contributed by atoms with Crippen LogP contribution in [0.25, 0.3) is 10.9 Å². The number of aliphatic hydroxyl groups is 1. The Morgan fingerprint density at radius 2 is 1.97 bits per heavy atom. The molecule has 0 unspecified atom stereocenters.